The summed E-state index contributed by atoms with van der Waals surface area (Å²) in [6.07, 6.45) is 4.66. The van der Waals surface area contributed by atoms with E-state index in [-0.39, 0.29) is 5.91 Å². The SMILES string of the molecule is Cc1nn(C)c(C)c1CN(C)C(=O)C1CC=CCC1C(=O)O. The van der Waals surface area contributed by atoms with Gasteiger partial charge in [-0.3, -0.25) is 14.3 Å². The molecule has 1 aliphatic rings. The number of carboxylic acid groups (broad SMARTS) is 1. The van der Waals surface area contributed by atoms with Crippen LogP contribution in [0, 0.1) is 25.7 Å². The topological polar surface area (TPSA) is 75.4 Å². The molecule has 0 fully saturated rings. The van der Waals surface area contributed by atoms with Gasteiger partial charge in [0.15, 0.2) is 0 Å². The highest BCUT2D eigenvalue weighted by Gasteiger charge is 2.35. The molecule has 0 radical (unpaired) electrons. The minimum atomic E-state index is -0.898. The summed E-state index contributed by atoms with van der Waals surface area (Å²) in [4.78, 5) is 25.6. The number of carbonyl (C=O) groups is 2. The van der Waals surface area contributed by atoms with Gasteiger partial charge < -0.3 is 10.0 Å². The molecule has 2 atom stereocenters. The van der Waals surface area contributed by atoms with Gasteiger partial charge >= 0.3 is 5.97 Å². The third kappa shape index (κ3) is 3.05. The second-order valence-electron chi connectivity index (χ2n) is 5.96. The zero-order valence-electron chi connectivity index (χ0n) is 13.5. The first kappa shape index (κ1) is 16.3. The Morgan fingerprint density at radius 1 is 1.32 bits per heavy atom. The average Bonchev–Trinajstić information content (AvgIpc) is 2.72. The molecule has 1 aliphatic carbocycles. The maximum Gasteiger partial charge on any atom is 0.307 e. The number of aliphatic carboxylic acids is 1. The Kier molecular flexibility index (Phi) is 4.68. The third-order valence-corrected chi connectivity index (χ3v) is 4.50. The highest BCUT2D eigenvalue weighted by Crippen LogP contribution is 2.28. The van der Waals surface area contributed by atoms with Crippen LogP contribution in [0.25, 0.3) is 0 Å². The summed E-state index contributed by atoms with van der Waals surface area (Å²) in [5.74, 6) is -2.12. The number of rotatable bonds is 4. The van der Waals surface area contributed by atoms with E-state index in [1.165, 1.54) is 0 Å². The van der Waals surface area contributed by atoms with Gasteiger partial charge in [-0.25, -0.2) is 0 Å². The summed E-state index contributed by atoms with van der Waals surface area (Å²) in [6.45, 7) is 4.35. The number of aryl methyl sites for hydroxylation is 2. The Balaban J connectivity index is 2.14. The van der Waals surface area contributed by atoms with E-state index in [0.29, 0.717) is 19.4 Å². The molecule has 120 valence electrons. The highest BCUT2D eigenvalue weighted by molar-refractivity contribution is 5.85. The predicted octanol–water partition coefficient (Wildman–Crippen LogP) is 1.66. The summed E-state index contributed by atoms with van der Waals surface area (Å²) in [7, 11) is 3.60. The van der Waals surface area contributed by atoms with Crippen molar-refractivity contribution in [3.63, 3.8) is 0 Å². The van der Waals surface area contributed by atoms with Crippen LogP contribution < -0.4 is 0 Å². The van der Waals surface area contributed by atoms with Gasteiger partial charge in [-0.1, -0.05) is 12.2 Å². The van der Waals surface area contributed by atoms with Gasteiger partial charge in [-0.05, 0) is 26.7 Å². The Bertz CT molecular complexity index is 618. The van der Waals surface area contributed by atoms with E-state index in [1.54, 1.807) is 16.6 Å². The molecule has 0 saturated carbocycles. The summed E-state index contributed by atoms with van der Waals surface area (Å²) in [6, 6.07) is 0. The van der Waals surface area contributed by atoms with Crippen LogP contribution >= 0.6 is 0 Å². The quantitative estimate of drug-likeness (QED) is 0.858. The van der Waals surface area contributed by atoms with Crippen molar-refractivity contribution in [1.82, 2.24) is 14.7 Å². The number of hydrogen-bond acceptors (Lipinski definition) is 3. The number of carboxylic acids is 1. The normalized spacial score (nSPS) is 20.9. The number of amides is 1. The van der Waals surface area contributed by atoms with E-state index in [4.69, 9.17) is 0 Å². The summed E-state index contributed by atoms with van der Waals surface area (Å²) in [5, 5.41) is 13.7. The third-order valence-electron chi connectivity index (χ3n) is 4.50. The second kappa shape index (κ2) is 6.34. The first-order valence-corrected chi connectivity index (χ1v) is 7.44. The van der Waals surface area contributed by atoms with Crippen molar-refractivity contribution >= 4 is 11.9 Å². The first-order valence-electron chi connectivity index (χ1n) is 7.44. The molecule has 6 heteroatoms. The van der Waals surface area contributed by atoms with E-state index in [1.807, 2.05) is 33.0 Å². The maximum atomic E-state index is 12.6. The number of hydrogen-bond donors (Lipinski definition) is 1. The highest BCUT2D eigenvalue weighted by atomic mass is 16.4. The molecule has 2 unspecified atom stereocenters. The fourth-order valence-corrected chi connectivity index (χ4v) is 3.00. The smallest absolute Gasteiger partial charge is 0.307 e. The Morgan fingerprint density at radius 3 is 2.41 bits per heavy atom. The fraction of sp³-hybridized carbons (Fsp3) is 0.562. The van der Waals surface area contributed by atoms with Crippen LogP contribution in [-0.2, 0) is 23.2 Å². The van der Waals surface area contributed by atoms with Crippen molar-refractivity contribution in [2.75, 3.05) is 7.05 Å². The Hall–Kier alpha value is -2.11. The molecule has 1 aromatic heterocycles. The van der Waals surface area contributed by atoms with Crippen LogP contribution in [0.4, 0.5) is 0 Å². The van der Waals surface area contributed by atoms with E-state index < -0.39 is 17.8 Å². The zero-order valence-corrected chi connectivity index (χ0v) is 13.5. The van der Waals surface area contributed by atoms with Crippen molar-refractivity contribution in [2.24, 2.45) is 18.9 Å². The standard InChI is InChI=1S/C16H23N3O3/c1-10-14(11(2)19(4)17-10)9-18(3)15(20)12-7-5-6-8-13(12)16(21)22/h5-6,12-13H,7-9H2,1-4H3,(H,21,22). The van der Waals surface area contributed by atoms with Crippen LogP contribution in [0.15, 0.2) is 12.2 Å². The van der Waals surface area contributed by atoms with Crippen LogP contribution in [0.5, 0.6) is 0 Å². The lowest BCUT2D eigenvalue weighted by Gasteiger charge is -2.28. The minimum absolute atomic E-state index is 0.112. The fourth-order valence-electron chi connectivity index (χ4n) is 3.00. The van der Waals surface area contributed by atoms with Crippen LogP contribution in [-0.4, -0.2) is 38.7 Å². The molecule has 2 rings (SSSR count). The van der Waals surface area contributed by atoms with Crippen LogP contribution in [0.2, 0.25) is 0 Å². The second-order valence-corrected chi connectivity index (χ2v) is 5.96. The summed E-state index contributed by atoms with van der Waals surface area (Å²) >= 11 is 0. The average molecular weight is 305 g/mol. The van der Waals surface area contributed by atoms with Crippen molar-refractivity contribution in [3.8, 4) is 0 Å². The Labute approximate surface area is 130 Å². The van der Waals surface area contributed by atoms with Crippen molar-refractivity contribution < 1.29 is 14.7 Å². The number of aromatic nitrogens is 2. The largest absolute Gasteiger partial charge is 0.481 e. The maximum absolute atomic E-state index is 12.6. The van der Waals surface area contributed by atoms with Gasteiger partial charge in [-0.2, -0.15) is 5.10 Å². The molecule has 0 spiro atoms. The van der Waals surface area contributed by atoms with E-state index in [9.17, 15) is 14.7 Å². The van der Waals surface area contributed by atoms with Gasteiger partial charge in [0.2, 0.25) is 5.91 Å². The molecular weight excluding hydrogens is 282 g/mol. The summed E-state index contributed by atoms with van der Waals surface area (Å²) in [5.41, 5.74) is 2.95. The van der Waals surface area contributed by atoms with Gasteiger partial charge in [0, 0.05) is 31.9 Å². The lowest BCUT2D eigenvalue weighted by molar-refractivity contribution is -0.150. The molecule has 0 aromatic carbocycles. The molecule has 0 aliphatic heterocycles. The van der Waals surface area contributed by atoms with E-state index in [2.05, 4.69) is 5.10 Å². The molecule has 1 aromatic rings. The van der Waals surface area contributed by atoms with Crippen molar-refractivity contribution in [3.05, 3.63) is 29.1 Å². The lowest BCUT2D eigenvalue weighted by atomic mass is 9.82. The number of allylic oxidation sites excluding steroid dienone is 2. The van der Waals surface area contributed by atoms with Crippen LogP contribution in [0.1, 0.15) is 29.8 Å². The first-order chi connectivity index (χ1) is 10.3. The lowest BCUT2D eigenvalue weighted by Crippen LogP contribution is -2.39. The monoisotopic (exact) mass is 305 g/mol. The van der Waals surface area contributed by atoms with Gasteiger partial charge in [0.1, 0.15) is 0 Å². The molecule has 0 saturated heterocycles. The molecule has 0 bridgehead atoms. The molecule has 22 heavy (non-hydrogen) atoms. The van der Waals surface area contributed by atoms with Crippen molar-refractivity contribution in [1.29, 1.82) is 0 Å². The number of nitrogens with zero attached hydrogens (tertiary/aromatic N) is 3. The Morgan fingerprint density at radius 2 is 1.91 bits per heavy atom. The molecule has 1 N–H and O–H groups in total. The van der Waals surface area contributed by atoms with Gasteiger partial charge in [0.25, 0.3) is 0 Å². The molecular formula is C16H23N3O3. The van der Waals surface area contributed by atoms with Crippen molar-refractivity contribution in [2.45, 2.75) is 33.2 Å². The van der Waals surface area contributed by atoms with Gasteiger partial charge in [-0.15, -0.1) is 0 Å². The molecule has 6 nitrogen and oxygen atoms in total. The van der Waals surface area contributed by atoms with E-state index in [0.717, 1.165) is 17.0 Å². The van der Waals surface area contributed by atoms with E-state index >= 15 is 0 Å². The molecule has 1 heterocycles. The predicted molar refractivity (Wildman–Crippen MR) is 82.1 cm³/mol. The van der Waals surface area contributed by atoms with Gasteiger partial charge in [0.05, 0.1) is 17.5 Å². The zero-order chi connectivity index (χ0) is 16.4. The number of carbonyl (C=O) groups excluding carboxylic acids is 1. The molecule has 1 amide bonds. The van der Waals surface area contributed by atoms with Crippen LogP contribution in [0.3, 0.4) is 0 Å². The minimum Gasteiger partial charge on any atom is -0.481 e. The summed E-state index contributed by atoms with van der Waals surface area (Å²) < 4.78 is 1.80.